The Labute approximate surface area is 578 Å². The highest BCUT2D eigenvalue weighted by Crippen LogP contribution is 2.21. The SMILES string of the molecule is CCCCCCCC/C=C\CCCCCCCC(=O)OCCCCCCCCCCCCCCCCCCCCCCCCCCCCCCCCCCCCCC(=O)NC(CO)C(O)CCCCCCCCCCCCCCCCCCCCCCCCCCC. The zero-order chi connectivity index (χ0) is 66.3. The molecule has 6 nitrogen and oxygen atoms in total. The van der Waals surface area contributed by atoms with E-state index >= 15 is 0 Å². The molecule has 3 N–H and O–H groups in total. The number of aliphatic hydroxyl groups excluding tert-OH is 2. The molecule has 0 bridgehead atoms. The van der Waals surface area contributed by atoms with Gasteiger partial charge in [-0.1, -0.05) is 450 Å². The minimum Gasteiger partial charge on any atom is -0.466 e. The van der Waals surface area contributed by atoms with E-state index in [9.17, 15) is 19.8 Å². The van der Waals surface area contributed by atoms with Crippen LogP contribution in [-0.2, 0) is 14.3 Å². The van der Waals surface area contributed by atoms with Crippen molar-refractivity contribution in [3.63, 3.8) is 0 Å². The zero-order valence-electron chi connectivity index (χ0n) is 63.1. The molecular formula is C86H169NO5. The standard InChI is InChI=1S/C86H169NO5/c1-3-5-7-9-11-13-15-17-19-20-21-22-23-35-38-41-44-47-51-54-58-62-66-70-74-78-84(89)83(82-88)87-85(90)79-75-71-67-63-59-55-52-48-45-42-39-36-33-31-29-27-25-24-26-28-30-32-34-37-40-43-46-49-53-57-61-65-69-73-77-81-92-86(91)80-76-72-68-64-60-56-50-18-16-14-12-10-8-6-4-2/h18,50,83-84,88-89H,3-17,19-49,51-82H2,1-2H3,(H,87,90)/b50-18-. The molecule has 92 heavy (non-hydrogen) atoms. The Hall–Kier alpha value is -1.40. The van der Waals surface area contributed by atoms with E-state index in [2.05, 4.69) is 31.3 Å². The van der Waals surface area contributed by atoms with Crippen molar-refractivity contribution < 1.29 is 24.5 Å². The summed E-state index contributed by atoms with van der Waals surface area (Å²) < 4.78 is 5.50. The van der Waals surface area contributed by atoms with Crippen molar-refractivity contribution in [1.82, 2.24) is 5.32 Å². The maximum Gasteiger partial charge on any atom is 0.305 e. The third-order valence-corrected chi connectivity index (χ3v) is 20.6. The van der Waals surface area contributed by atoms with Crippen LogP contribution in [0.1, 0.15) is 502 Å². The Morgan fingerprint density at radius 3 is 0.772 bits per heavy atom. The third-order valence-electron chi connectivity index (χ3n) is 20.6. The molecule has 1 amide bonds. The number of esters is 1. The van der Waals surface area contributed by atoms with E-state index in [1.54, 1.807) is 0 Å². The summed E-state index contributed by atoms with van der Waals surface area (Å²) in [6.45, 7) is 5.01. The van der Waals surface area contributed by atoms with Crippen LogP contribution < -0.4 is 5.32 Å². The zero-order valence-corrected chi connectivity index (χ0v) is 63.1. The first-order valence-electron chi connectivity index (χ1n) is 42.9. The number of hydrogen-bond donors (Lipinski definition) is 3. The number of aliphatic hydroxyl groups is 2. The van der Waals surface area contributed by atoms with E-state index in [1.807, 2.05) is 0 Å². The van der Waals surface area contributed by atoms with Gasteiger partial charge in [-0.25, -0.2) is 0 Å². The molecule has 2 atom stereocenters. The molecule has 0 saturated carbocycles. The van der Waals surface area contributed by atoms with Gasteiger partial charge < -0.3 is 20.3 Å². The van der Waals surface area contributed by atoms with Gasteiger partial charge in [-0.05, 0) is 51.4 Å². The van der Waals surface area contributed by atoms with Gasteiger partial charge in [0.05, 0.1) is 25.4 Å². The first kappa shape index (κ1) is 90.6. The Kier molecular flexibility index (Phi) is 80.8. The van der Waals surface area contributed by atoms with Gasteiger partial charge >= 0.3 is 5.97 Å². The van der Waals surface area contributed by atoms with Gasteiger partial charge in [-0.3, -0.25) is 9.59 Å². The first-order valence-corrected chi connectivity index (χ1v) is 42.9. The van der Waals surface area contributed by atoms with Crippen LogP contribution in [0.25, 0.3) is 0 Å². The third kappa shape index (κ3) is 77.6. The molecule has 0 spiro atoms. The van der Waals surface area contributed by atoms with Gasteiger partial charge in [-0.2, -0.15) is 0 Å². The van der Waals surface area contributed by atoms with Crippen LogP contribution >= 0.6 is 0 Å². The van der Waals surface area contributed by atoms with Gasteiger partial charge in [0.15, 0.2) is 0 Å². The number of ether oxygens (including phenoxy) is 1. The van der Waals surface area contributed by atoms with Gasteiger partial charge in [0.2, 0.25) is 5.91 Å². The van der Waals surface area contributed by atoms with Crippen LogP contribution in [0.3, 0.4) is 0 Å². The van der Waals surface area contributed by atoms with E-state index < -0.39 is 12.1 Å². The molecule has 0 saturated heterocycles. The lowest BCUT2D eigenvalue weighted by Crippen LogP contribution is -2.45. The van der Waals surface area contributed by atoms with E-state index in [4.69, 9.17) is 4.74 Å². The lowest BCUT2D eigenvalue weighted by Gasteiger charge is -2.22. The summed E-state index contributed by atoms with van der Waals surface area (Å²) in [4.78, 5) is 24.7. The van der Waals surface area contributed by atoms with E-state index in [0.29, 0.717) is 25.9 Å². The Balaban J connectivity index is 3.31. The van der Waals surface area contributed by atoms with Gasteiger partial charge in [0.25, 0.3) is 0 Å². The molecular weight excluding hydrogens is 1130 g/mol. The highest BCUT2D eigenvalue weighted by atomic mass is 16.5. The molecule has 0 aliphatic rings. The molecule has 0 aromatic heterocycles. The lowest BCUT2D eigenvalue weighted by atomic mass is 10.0. The number of nitrogens with one attached hydrogen (secondary N) is 1. The molecule has 0 aliphatic carbocycles. The van der Waals surface area contributed by atoms with E-state index in [1.165, 1.54) is 424 Å². The average molecular weight is 1300 g/mol. The summed E-state index contributed by atoms with van der Waals surface area (Å²) in [6.07, 6.45) is 105. The van der Waals surface area contributed by atoms with Crippen molar-refractivity contribution in [2.24, 2.45) is 0 Å². The number of unbranched alkanes of at least 4 members (excludes halogenated alkanes) is 69. The molecule has 6 heteroatoms. The van der Waals surface area contributed by atoms with Crippen LogP contribution in [0.5, 0.6) is 0 Å². The van der Waals surface area contributed by atoms with Gasteiger partial charge in [-0.15, -0.1) is 0 Å². The molecule has 0 radical (unpaired) electrons. The van der Waals surface area contributed by atoms with Crippen LogP contribution in [0.2, 0.25) is 0 Å². The maximum absolute atomic E-state index is 12.6. The molecule has 548 valence electrons. The molecule has 0 fully saturated rings. The highest BCUT2D eigenvalue weighted by molar-refractivity contribution is 5.76. The number of rotatable bonds is 82. The smallest absolute Gasteiger partial charge is 0.305 e. The van der Waals surface area contributed by atoms with Crippen LogP contribution in [0.15, 0.2) is 12.2 Å². The summed E-state index contributed by atoms with van der Waals surface area (Å²) in [5.74, 6) is -0.00683. The second kappa shape index (κ2) is 82.0. The van der Waals surface area contributed by atoms with Crippen molar-refractivity contribution in [2.45, 2.75) is 514 Å². The van der Waals surface area contributed by atoms with Crippen molar-refractivity contribution >= 4 is 11.9 Å². The normalized spacial score (nSPS) is 12.4. The Morgan fingerprint density at radius 2 is 0.511 bits per heavy atom. The van der Waals surface area contributed by atoms with E-state index in [0.717, 1.165) is 44.9 Å². The Bertz CT molecular complexity index is 1400. The van der Waals surface area contributed by atoms with E-state index in [-0.39, 0.29) is 18.5 Å². The predicted octanol–water partition coefficient (Wildman–Crippen LogP) is 28.6. The molecule has 0 aliphatic heterocycles. The van der Waals surface area contributed by atoms with Gasteiger partial charge in [0, 0.05) is 12.8 Å². The minimum atomic E-state index is -0.662. The topological polar surface area (TPSA) is 95.9 Å². The maximum atomic E-state index is 12.6. The largest absolute Gasteiger partial charge is 0.466 e. The lowest BCUT2D eigenvalue weighted by molar-refractivity contribution is -0.143. The van der Waals surface area contributed by atoms with Crippen molar-refractivity contribution in [3.8, 4) is 0 Å². The summed E-state index contributed by atoms with van der Waals surface area (Å²) >= 11 is 0. The number of allylic oxidation sites excluding steroid dienone is 2. The molecule has 0 rings (SSSR count). The number of hydrogen-bond acceptors (Lipinski definition) is 5. The summed E-state index contributed by atoms with van der Waals surface area (Å²) in [6, 6.07) is -0.538. The fraction of sp³-hybridized carbons (Fsp3) is 0.953. The number of carbonyl (C=O) groups excluding carboxylic acids is 2. The quantitative estimate of drug-likeness (QED) is 0.0320. The fourth-order valence-electron chi connectivity index (χ4n) is 14.1. The summed E-state index contributed by atoms with van der Waals surface area (Å²) in [5, 5.41) is 23.5. The number of carbonyl (C=O) groups is 2. The summed E-state index contributed by atoms with van der Waals surface area (Å²) in [5.41, 5.74) is 0. The number of amides is 1. The monoisotopic (exact) mass is 1300 g/mol. The van der Waals surface area contributed by atoms with Crippen LogP contribution in [-0.4, -0.2) is 47.4 Å². The van der Waals surface area contributed by atoms with Gasteiger partial charge in [0.1, 0.15) is 0 Å². The molecule has 0 heterocycles. The highest BCUT2D eigenvalue weighted by Gasteiger charge is 2.20. The predicted molar refractivity (Wildman–Crippen MR) is 407 cm³/mol. The molecule has 0 aromatic carbocycles. The second-order valence-corrected chi connectivity index (χ2v) is 29.9. The van der Waals surface area contributed by atoms with Crippen LogP contribution in [0, 0.1) is 0 Å². The van der Waals surface area contributed by atoms with Crippen molar-refractivity contribution in [3.05, 3.63) is 12.2 Å². The minimum absolute atomic E-state index is 0.0160. The van der Waals surface area contributed by atoms with Crippen molar-refractivity contribution in [1.29, 1.82) is 0 Å². The Morgan fingerprint density at radius 1 is 0.293 bits per heavy atom. The molecule has 0 aromatic rings. The summed E-state index contributed by atoms with van der Waals surface area (Å²) in [7, 11) is 0. The fourth-order valence-corrected chi connectivity index (χ4v) is 14.1. The second-order valence-electron chi connectivity index (χ2n) is 29.9. The average Bonchev–Trinajstić information content (AvgIpc) is 3.57. The van der Waals surface area contributed by atoms with Crippen molar-refractivity contribution in [2.75, 3.05) is 13.2 Å². The molecule has 2 unspecified atom stereocenters. The van der Waals surface area contributed by atoms with Crippen LogP contribution in [0.4, 0.5) is 0 Å². The first-order chi connectivity index (χ1) is 45.5.